The summed E-state index contributed by atoms with van der Waals surface area (Å²) in [5.74, 6) is -0.552. The van der Waals surface area contributed by atoms with Crippen molar-refractivity contribution in [1.29, 1.82) is 0 Å². The molecule has 0 radical (unpaired) electrons. The zero-order valence-electron chi connectivity index (χ0n) is 11.8. The second-order valence-corrected chi connectivity index (χ2v) is 5.30. The lowest BCUT2D eigenvalue weighted by Gasteiger charge is -2.25. The van der Waals surface area contributed by atoms with Crippen LogP contribution in [-0.4, -0.2) is 30.7 Å². The lowest BCUT2D eigenvalue weighted by Crippen LogP contribution is -2.39. The van der Waals surface area contributed by atoms with E-state index in [9.17, 15) is 18.0 Å². The molecule has 2 rings (SSSR count). The molecule has 4 nitrogen and oxygen atoms in total. The van der Waals surface area contributed by atoms with E-state index in [2.05, 4.69) is 4.98 Å². The lowest BCUT2D eigenvalue weighted by atomic mass is 10.2. The van der Waals surface area contributed by atoms with Gasteiger partial charge in [0.1, 0.15) is 17.2 Å². The number of anilines is 1. The van der Waals surface area contributed by atoms with E-state index in [4.69, 9.17) is 4.74 Å². The van der Waals surface area contributed by atoms with Crippen LogP contribution >= 0.6 is 11.3 Å². The fourth-order valence-corrected chi connectivity index (χ4v) is 2.68. The van der Waals surface area contributed by atoms with Gasteiger partial charge in [0.05, 0.1) is 24.0 Å². The summed E-state index contributed by atoms with van der Waals surface area (Å²) >= 11 is 1.01. The second kappa shape index (κ2) is 6.35. The summed E-state index contributed by atoms with van der Waals surface area (Å²) in [6, 6.07) is 6.09. The fraction of sp³-hybridized carbons (Fsp3) is 0.286. The minimum absolute atomic E-state index is 0.0696. The van der Waals surface area contributed by atoms with Gasteiger partial charge in [-0.15, -0.1) is 11.3 Å². The van der Waals surface area contributed by atoms with Gasteiger partial charge in [0.25, 0.3) is 5.91 Å². The molecule has 0 unspecified atom stereocenters. The maximum absolute atomic E-state index is 12.9. The summed E-state index contributed by atoms with van der Waals surface area (Å²) in [6.45, 7) is 0.182. The molecule has 0 bridgehead atoms. The molecule has 0 aliphatic rings. The second-order valence-electron chi connectivity index (χ2n) is 4.45. The first-order chi connectivity index (χ1) is 10.3. The smallest absolute Gasteiger partial charge is 0.406 e. The first-order valence-corrected chi connectivity index (χ1v) is 7.13. The molecule has 0 atom stereocenters. The van der Waals surface area contributed by atoms with Gasteiger partial charge in [0.15, 0.2) is 0 Å². The molecular weight excluding hydrogens is 317 g/mol. The molecule has 0 saturated carbocycles. The van der Waals surface area contributed by atoms with E-state index in [-0.39, 0.29) is 16.3 Å². The summed E-state index contributed by atoms with van der Waals surface area (Å²) in [5.41, 5.74) is 1.90. The van der Waals surface area contributed by atoms with Gasteiger partial charge in [-0.1, -0.05) is 12.1 Å². The van der Waals surface area contributed by atoms with Crippen molar-refractivity contribution < 1.29 is 22.7 Å². The molecule has 0 N–H and O–H groups in total. The predicted octanol–water partition coefficient (Wildman–Crippen LogP) is 3.67. The van der Waals surface area contributed by atoms with Crippen LogP contribution in [0.5, 0.6) is 5.75 Å². The van der Waals surface area contributed by atoms with Gasteiger partial charge in [0, 0.05) is 0 Å². The highest BCUT2D eigenvalue weighted by Crippen LogP contribution is 2.32. The van der Waals surface area contributed by atoms with Gasteiger partial charge < -0.3 is 4.74 Å². The molecule has 1 heterocycles. The number of para-hydroxylation sites is 2. The molecule has 1 amide bonds. The lowest BCUT2D eigenvalue weighted by molar-refractivity contribution is -0.118. The summed E-state index contributed by atoms with van der Waals surface area (Å²) in [5, 5.41) is 0. The van der Waals surface area contributed by atoms with Crippen LogP contribution in [0.15, 0.2) is 29.8 Å². The quantitative estimate of drug-likeness (QED) is 0.859. The number of benzene rings is 1. The van der Waals surface area contributed by atoms with E-state index >= 15 is 0 Å². The van der Waals surface area contributed by atoms with Crippen LogP contribution in [0.4, 0.5) is 18.9 Å². The molecule has 118 valence electrons. The number of hydrogen-bond donors (Lipinski definition) is 0. The minimum Gasteiger partial charge on any atom is -0.495 e. The van der Waals surface area contributed by atoms with Gasteiger partial charge in [-0.3, -0.25) is 9.69 Å². The maximum Gasteiger partial charge on any atom is 0.406 e. The Morgan fingerprint density at radius 3 is 2.59 bits per heavy atom. The molecule has 2 aromatic rings. The van der Waals surface area contributed by atoms with Crippen LogP contribution < -0.4 is 9.64 Å². The highest BCUT2D eigenvalue weighted by atomic mass is 32.1. The van der Waals surface area contributed by atoms with Crippen molar-refractivity contribution in [3.63, 3.8) is 0 Å². The Hall–Kier alpha value is -2.09. The van der Waals surface area contributed by atoms with Crippen LogP contribution in [-0.2, 0) is 0 Å². The van der Waals surface area contributed by atoms with Crippen LogP contribution in [0, 0.1) is 6.92 Å². The molecule has 8 heteroatoms. The molecule has 0 saturated heterocycles. The first-order valence-electron chi connectivity index (χ1n) is 6.25. The number of alkyl halides is 3. The van der Waals surface area contributed by atoms with E-state index in [1.165, 1.54) is 24.8 Å². The van der Waals surface area contributed by atoms with Crippen LogP contribution in [0.3, 0.4) is 0 Å². The molecule has 1 aromatic carbocycles. The van der Waals surface area contributed by atoms with Crippen molar-refractivity contribution in [3.05, 3.63) is 40.3 Å². The molecule has 0 spiro atoms. The number of aromatic nitrogens is 1. The van der Waals surface area contributed by atoms with E-state index in [1.54, 1.807) is 19.1 Å². The van der Waals surface area contributed by atoms with Crippen molar-refractivity contribution in [1.82, 2.24) is 4.98 Å². The standard InChI is InChI=1S/C14H13F3N2O2S/c1-9-12(22-8-18-9)13(20)19(7-14(15,16)17)10-5-3-4-6-11(10)21-2/h3-6,8H,7H2,1-2H3. The number of carbonyl (C=O) groups is 1. The normalized spacial score (nSPS) is 11.3. The van der Waals surface area contributed by atoms with Gasteiger partial charge >= 0.3 is 6.18 Å². The number of aryl methyl sites for hydroxylation is 1. The summed E-state index contributed by atoms with van der Waals surface area (Å²) < 4.78 is 43.7. The fourth-order valence-electron chi connectivity index (χ4n) is 1.93. The SMILES string of the molecule is COc1ccccc1N(CC(F)(F)F)C(=O)c1scnc1C. The van der Waals surface area contributed by atoms with E-state index in [0.29, 0.717) is 10.6 Å². The third-order valence-corrected chi connectivity index (χ3v) is 3.81. The van der Waals surface area contributed by atoms with Crippen molar-refractivity contribution >= 4 is 22.9 Å². The third-order valence-electron chi connectivity index (χ3n) is 2.90. The van der Waals surface area contributed by atoms with Crippen molar-refractivity contribution in [3.8, 4) is 5.75 Å². The van der Waals surface area contributed by atoms with Crippen molar-refractivity contribution in [2.24, 2.45) is 0 Å². The number of thiazole rings is 1. The Morgan fingerprint density at radius 2 is 2.05 bits per heavy atom. The Labute approximate surface area is 129 Å². The van der Waals surface area contributed by atoms with Gasteiger partial charge in [-0.2, -0.15) is 13.2 Å². The van der Waals surface area contributed by atoms with Crippen LogP contribution in [0.2, 0.25) is 0 Å². The average molecular weight is 330 g/mol. The van der Waals surface area contributed by atoms with E-state index < -0.39 is 18.6 Å². The predicted molar refractivity (Wildman–Crippen MR) is 77.6 cm³/mol. The summed E-state index contributed by atoms with van der Waals surface area (Å²) in [4.78, 5) is 17.3. The molecule has 1 aromatic heterocycles. The molecule has 0 aliphatic carbocycles. The molecular formula is C14H13F3N2O2S. The van der Waals surface area contributed by atoms with Crippen LogP contribution in [0.25, 0.3) is 0 Å². The Kier molecular flexibility index (Phi) is 4.70. The van der Waals surface area contributed by atoms with Crippen molar-refractivity contribution in [2.45, 2.75) is 13.1 Å². The number of ether oxygens (including phenoxy) is 1. The van der Waals surface area contributed by atoms with Gasteiger partial charge in [-0.25, -0.2) is 4.98 Å². The Balaban J connectivity index is 2.47. The Morgan fingerprint density at radius 1 is 1.36 bits per heavy atom. The van der Waals surface area contributed by atoms with Crippen LogP contribution in [0.1, 0.15) is 15.4 Å². The highest BCUT2D eigenvalue weighted by molar-refractivity contribution is 7.12. The highest BCUT2D eigenvalue weighted by Gasteiger charge is 2.36. The third kappa shape index (κ3) is 3.56. The monoisotopic (exact) mass is 330 g/mol. The number of carbonyl (C=O) groups excluding carboxylic acids is 1. The number of methoxy groups -OCH3 is 1. The van der Waals surface area contributed by atoms with E-state index in [0.717, 1.165) is 11.3 Å². The maximum atomic E-state index is 12.9. The molecule has 22 heavy (non-hydrogen) atoms. The number of amides is 1. The Bertz CT molecular complexity index is 670. The zero-order valence-corrected chi connectivity index (χ0v) is 12.7. The van der Waals surface area contributed by atoms with Gasteiger partial charge in [-0.05, 0) is 19.1 Å². The minimum atomic E-state index is -4.53. The van der Waals surface area contributed by atoms with E-state index in [1.807, 2.05) is 0 Å². The number of halogens is 3. The van der Waals surface area contributed by atoms with Gasteiger partial charge in [0.2, 0.25) is 0 Å². The zero-order chi connectivity index (χ0) is 16.3. The average Bonchev–Trinajstić information content (AvgIpc) is 2.89. The summed E-state index contributed by atoms with van der Waals surface area (Å²) in [6.07, 6.45) is -4.53. The van der Waals surface area contributed by atoms with Crippen molar-refractivity contribution in [2.75, 3.05) is 18.6 Å². The topological polar surface area (TPSA) is 42.4 Å². The first kappa shape index (κ1) is 16.3. The number of rotatable bonds is 4. The number of nitrogens with zero attached hydrogens (tertiary/aromatic N) is 2. The molecule has 0 aliphatic heterocycles. The largest absolute Gasteiger partial charge is 0.495 e. The number of hydrogen-bond acceptors (Lipinski definition) is 4. The summed E-state index contributed by atoms with van der Waals surface area (Å²) in [7, 11) is 1.34. The molecule has 0 fully saturated rings.